The van der Waals surface area contributed by atoms with Gasteiger partial charge in [-0.15, -0.1) is 0 Å². The van der Waals surface area contributed by atoms with Gasteiger partial charge >= 0.3 is 5.97 Å². The van der Waals surface area contributed by atoms with Crippen molar-refractivity contribution >= 4 is 15.8 Å². The Morgan fingerprint density at radius 1 is 1.33 bits per heavy atom. The number of rotatable bonds is 4. The van der Waals surface area contributed by atoms with E-state index in [-0.39, 0.29) is 11.5 Å². The Morgan fingerprint density at radius 2 is 1.83 bits per heavy atom. The summed E-state index contributed by atoms with van der Waals surface area (Å²) in [5.74, 6) is -0.544. The predicted molar refractivity (Wildman–Crippen MR) is 67.7 cm³/mol. The second-order valence-corrected chi connectivity index (χ2v) is 6.24. The monoisotopic (exact) mass is 271 g/mol. The van der Waals surface area contributed by atoms with Gasteiger partial charge in [-0.05, 0) is 31.5 Å². The summed E-state index contributed by atoms with van der Waals surface area (Å²) in [6.45, 7) is 3.47. The minimum atomic E-state index is -3.25. The SMILES string of the molecule is CCOC(=O)[C@](C)(N)c1ccc(S(C)(=O)=O)cc1. The number of hydrogen-bond acceptors (Lipinski definition) is 5. The molecule has 1 aromatic rings. The molecule has 0 saturated carbocycles. The molecule has 0 aliphatic rings. The third-order valence-corrected chi connectivity index (χ3v) is 3.71. The summed E-state index contributed by atoms with van der Waals surface area (Å²) in [7, 11) is -3.25. The second kappa shape index (κ2) is 5.07. The van der Waals surface area contributed by atoms with Gasteiger partial charge in [-0.3, -0.25) is 0 Å². The zero-order valence-electron chi connectivity index (χ0n) is 10.6. The van der Waals surface area contributed by atoms with Crippen LogP contribution in [0.15, 0.2) is 29.2 Å². The average Bonchev–Trinajstić information content (AvgIpc) is 2.28. The van der Waals surface area contributed by atoms with E-state index >= 15 is 0 Å². The predicted octanol–water partition coefficient (Wildman–Crippen LogP) is 0.827. The lowest BCUT2D eigenvalue weighted by atomic mass is 9.93. The quantitative estimate of drug-likeness (QED) is 0.820. The van der Waals surface area contributed by atoms with E-state index in [2.05, 4.69) is 0 Å². The van der Waals surface area contributed by atoms with Gasteiger partial charge in [0.15, 0.2) is 9.84 Å². The van der Waals surface area contributed by atoms with Gasteiger partial charge in [0.1, 0.15) is 5.54 Å². The summed E-state index contributed by atoms with van der Waals surface area (Å²) in [4.78, 5) is 11.9. The summed E-state index contributed by atoms with van der Waals surface area (Å²) in [5.41, 5.74) is 5.12. The average molecular weight is 271 g/mol. The van der Waals surface area contributed by atoms with Gasteiger partial charge in [0.25, 0.3) is 0 Å². The Labute approximate surface area is 107 Å². The number of carbonyl (C=O) groups is 1. The zero-order valence-corrected chi connectivity index (χ0v) is 11.5. The number of esters is 1. The highest BCUT2D eigenvalue weighted by molar-refractivity contribution is 7.90. The van der Waals surface area contributed by atoms with Crippen LogP contribution in [-0.2, 0) is 24.9 Å². The van der Waals surface area contributed by atoms with Crippen LogP contribution in [0.2, 0.25) is 0 Å². The van der Waals surface area contributed by atoms with Crippen LogP contribution in [0.4, 0.5) is 0 Å². The molecule has 0 bridgehead atoms. The summed E-state index contributed by atoms with van der Waals surface area (Å²) in [6, 6.07) is 5.89. The van der Waals surface area contributed by atoms with Gasteiger partial charge in [-0.2, -0.15) is 0 Å². The molecule has 0 aliphatic carbocycles. The Bertz CT molecular complexity index is 532. The largest absolute Gasteiger partial charge is 0.464 e. The first-order valence-electron chi connectivity index (χ1n) is 5.46. The minimum Gasteiger partial charge on any atom is -0.464 e. The lowest BCUT2D eigenvalue weighted by molar-refractivity contribution is -0.149. The van der Waals surface area contributed by atoms with Crippen molar-refractivity contribution in [3.8, 4) is 0 Å². The molecule has 18 heavy (non-hydrogen) atoms. The van der Waals surface area contributed by atoms with Crippen molar-refractivity contribution in [2.45, 2.75) is 24.3 Å². The van der Waals surface area contributed by atoms with E-state index in [1.54, 1.807) is 6.92 Å². The lowest BCUT2D eigenvalue weighted by Crippen LogP contribution is -2.43. The highest BCUT2D eigenvalue weighted by Gasteiger charge is 2.32. The summed E-state index contributed by atoms with van der Waals surface area (Å²) in [6.07, 6.45) is 1.12. The first-order valence-corrected chi connectivity index (χ1v) is 7.35. The van der Waals surface area contributed by atoms with Gasteiger partial charge in [-0.1, -0.05) is 12.1 Å². The molecule has 0 saturated heterocycles. The normalized spacial score (nSPS) is 14.9. The van der Waals surface area contributed by atoms with E-state index in [1.165, 1.54) is 31.2 Å². The Kier molecular flexibility index (Phi) is 4.13. The van der Waals surface area contributed by atoms with E-state index < -0.39 is 21.3 Å². The Hall–Kier alpha value is -1.40. The fourth-order valence-corrected chi connectivity index (χ4v) is 2.08. The van der Waals surface area contributed by atoms with E-state index in [0.717, 1.165) is 6.26 Å². The number of carbonyl (C=O) groups excluding carboxylic acids is 1. The van der Waals surface area contributed by atoms with Crippen LogP contribution >= 0.6 is 0 Å². The molecule has 1 rings (SSSR count). The van der Waals surface area contributed by atoms with Crippen molar-refractivity contribution in [3.05, 3.63) is 29.8 Å². The van der Waals surface area contributed by atoms with E-state index in [9.17, 15) is 13.2 Å². The molecule has 0 fully saturated rings. The van der Waals surface area contributed by atoms with Crippen LogP contribution < -0.4 is 5.73 Å². The lowest BCUT2D eigenvalue weighted by Gasteiger charge is -2.22. The van der Waals surface area contributed by atoms with Gasteiger partial charge in [0.2, 0.25) is 0 Å². The molecule has 0 spiro atoms. The summed E-state index contributed by atoms with van der Waals surface area (Å²) < 4.78 is 27.5. The van der Waals surface area contributed by atoms with E-state index in [0.29, 0.717) is 5.56 Å². The third-order valence-electron chi connectivity index (χ3n) is 2.58. The van der Waals surface area contributed by atoms with Crippen LogP contribution in [0.1, 0.15) is 19.4 Å². The van der Waals surface area contributed by atoms with Crippen molar-refractivity contribution < 1.29 is 17.9 Å². The molecule has 5 nitrogen and oxygen atoms in total. The topological polar surface area (TPSA) is 86.5 Å². The van der Waals surface area contributed by atoms with E-state index in [4.69, 9.17) is 10.5 Å². The van der Waals surface area contributed by atoms with Crippen molar-refractivity contribution in [3.63, 3.8) is 0 Å². The van der Waals surface area contributed by atoms with Crippen molar-refractivity contribution in [2.75, 3.05) is 12.9 Å². The first-order chi connectivity index (χ1) is 8.19. The van der Waals surface area contributed by atoms with Crippen LogP contribution in [-0.4, -0.2) is 27.2 Å². The number of ether oxygens (including phenoxy) is 1. The third kappa shape index (κ3) is 3.08. The van der Waals surface area contributed by atoms with Crippen molar-refractivity contribution in [1.82, 2.24) is 0 Å². The zero-order chi connectivity index (χ0) is 14.0. The van der Waals surface area contributed by atoms with Gasteiger partial charge in [-0.25, -0.2) is 13.2 Å². The van der Waals surface area contributed by atoms with Crippen molar-refractivity contribution in [1.29, 1.82) is 0 Å². The number of hydrogen-bond donors (Lipinski definition) is 1. The summed E-state index contributed by atoms with van der Waals surface area (Å²) in [5, 5.41) is 0. The summed E-state index contributed by atoms with van der Waals surface area (Å²) >= 11 is 0. The van der Waals surface area contributed by atoms with E-state index in [1.807, 2.05) is 0 Å². The fourth-order valence-electron chi connectivity index (χ4n) is 1.45. The van der Waals surface area contributed by atoms with Gasteiger partial charge < -0.3 is 10.5 Å². The van der Waals surface area contributed by atoms with Crippen LogP contribution in [0.25, 0.3) is 0 Å². The fraction of sp³-hybridized carbons (Fsp3) is 0.417. The molecule has 0 unspecified atom stereocenters. The molecular formula is C12H17NO4S. The molecule has 2 N–H and O–H groups in total. The minimum absolute atomic E-state index is 0.186. The molecular weight excluding hydrogens is 254 g/mol. The molecule has 0 radical (unpaired) electrons. The molecule has 1 atom stereocenters. The standard InChI is InChI=1S/C12H17NO4S/c1-4-17-11(14)12(2,13)9-5-7-10(8-6-9)18(3,15)16/h5-8H,4,13H2,1-3H3/t12-/m1/s1. The van der Waals surface area contributed by atoms with Crippen LogP contribution in [0.3, 0.4) is 0 Å². The number of nitrogens with two attached hydrogens (primary N) is 1. The smallest absolute Gasteiger partial charge is 0.330 e. The van der Waals surface area contributed by atoms with Crippen LogP contribution in [0.5, 0.6) is 0 Å². The molecule has 1 aromatic carbocycles. The highest BCUT2D eigenvalue weighted by Crippen LogP contribution is 2.21. The molecule has 100 valence electrons. The molecule has 0 heterocycles. The van der Waals surface area contributed by atoms with Crippen LogP contribution in [0, 0.1) is 0 Å². The van der Waals surface area contributed by atoms with Gasteiger partial charge in [0, 0.05) is 6.26 Å². The maximum absolute atomic E-state index is 11.7. The number of benzene rings is 1. The second-order valence-electron chi connectivity index (χ2n) is 4.22. The van der Waals surface area contributed by atoms with Crippen molar-refractivity contribution in [2.24, 2.45) is 5.73 Å². The highest BCUT2D eigenvalue weighted by atomic mass is 32.2. The number of sulfone groups is 1. The molecule has 0 aromatic heterocycles. The molecule has 0 amide bonds. The maximum atomic E-state index is 11.7. The molecule has 6 heteroatoms. The first kappa shape index (κ1) is 14.7. The molecule has 0 aliphatic heterocycles. The Morgan fingerprint density at radius 3 is 2.22 bits per heavy atom. The Balaban J connectivity index is 3.08. The van der Waals surface area contributed by atoms with Gasteiger partial charge in [0.05, 0.1) is 11.5 Å². The maximum Gasteiger partial charge on any atom is 0.330 e.